The van der Waals surface area contributed by atoms with Gasteiger partial charge in [0.2, 0.25) is 5.89 Å². The standard InChI is InChI=1S/C13H19N5O/c1-10-11(2)19-13(16-10)7-17-5-3-4-12(17)6-18-9-14-8-15-18/h8-9,12H,3-7H2,1-2H3/t12-/m1/s1. The maximum Gasteiger partial charge on any atom is 0.208 e. The molecule has 0 bridgehead atoms. The Morgan fingerprint density at radius 3 is 3.00 bits per heavy atom. The van der Waals surface area contributed by atoms with E-state index in [-0.39, 0.29) is 0 Å². The number of nitrogens with zero attached hydrogens (tertiary/aromatic N) is 5. The maximum absolute atomic E-state index is 5.67. The molecular formula is C13H19N5O. The summed E-state index contributed by atoms with van der Waals surface area (Å²) in [6.07, 6.45) is 5.77. The maximum atomic E-state index is 5.67. The summed E-state index contributed by atoms with van der Waals surface area (Å²) in [4.78, 5) is 10.9. The first kappa shape index (κ1) is 12.3. The first-order valence-corrected chi connectivity index (χ1v) is 6.72. The van der Waals surface area contributed by atoms with Gasteiger partial charge >= 0.3 is 0 Å². The molecule has 0 aromatic carbocycles. The topological polar surface area (TPSA) is 60.0 Å². The SMILES string of the molecule is Cc1nc(CN2CCC[C@@H]2Cn2cncn2)oc1C. The molecule has 1 aliphatic heterocycles. The Balaban J connectivity index is 1.66. The molecule has 6 nitrogen and oxygen atoms in total. The van der Waals surface area contributed by atoms with E-state index in [0.29, 0.717) is 6.04 Å². The molecule has 0 N–H and O–H groups in total. The molecule has 0 amide bonds. The van der Waals surface area contributed by atoms with Crippen LogP contribution in [0.4, 0.5) is 0 Å². The van der Waals surface area contributed by atoms with Crippen LogP contribution in [-0.4, -0.2) is 37.2 Å². The third-order valence-electron chi connectivity index (χ3n) is 3.77. The number of aromatic nitrogens is 4. The molecular weight excluding hydrogens is 242 g/mol. The van der Waals surface area contributed by atoms with Crippen LogP contribution in [0.25, 0.3) is 0 Å². The Morgan fingerprint density at radius 1 is 1.42 bits per heavy atom. The smallest absolute Gasteiger partial charge is 0.208 e. The van der Waals surface area contributed by atoms with E-state index >= 15 is 0 Å². The molecule has 3 heterocycles. The van der Waals surface area contributed by atoms with Crippen molar-refractivity contribution in [3.63, 3.8) is 0 Å². The third kappa shape index (κ3) is 2.68. The summed E-state index contributed by atoms with van der Waals surface area (Å²) in [5.74, 6) is 1.74. The van der Waals surface area contributed by atoms with Gasteiger partial charge in [0, 0.05) is 6.04 Å². The minimum Gasteiger partial charge on any atom is -0.444 e. The Kier molecular flexibility index (Phi) is 3.33. The lowest BCUT2D eigenvalue weighted by molar-refractivity contribution is 0.199. The Bertz CT molecular complexity index is 514. The fourth-order valence-electron chi connectivity index (χ4n) is 2.63. The van der Waals surface area contributed by atoms with Crippen LogP contribution in [0.2, 0.25) is 0 Å². The highest BCUT2D eigenvalue weighted by Crippen LogP contribution is 2.21. The van der Waals surface area contributed by atoms with Gasteiger partial charge in [0.25, 0.3) is 0 Å². The van der Waals surface area contributed by atoms with Crippen LogP contribution in [0.3, 0.4) is 0 Å². The minimum atomic E-state index is 0.495. The first-order valence-electron chi connectivity index (χ1n) is 6.72. The van der Waals surface area contributed by atoms with Crippen molar-refractivity contribution in [2.75, 3.05) is 6.54 Å². The van der Waals surface area contributed by atoms with Crippen molar-refractivity contribution in [2.24, 2.45) is 0 Å². The second-order valence-corrected chi connectivity index (χ2v) is 5.13. The van der Waals surface area contributed by atoms with Gasteiger partial charge in [0.15, 0.2) is 0 Å². The van der Waals surface area contributed by atoms with E-state index in [9.17, 15) is 0 Å². The lowest BCUT2D eigenvalue weighted by atomic mass is 10.2. The van der Waals surface area contributed by atoms with Gasteiger partial charge in [-0.2, -0.15) is 5.10 Å². The van der Waals surface area contributed by atoms with Gasteiger partial charge in [-0.1, -0.05) is 0 Å². The van der Waals surface area contributed by atoms with E-state index in [1.54, 1.807) is 12.7 Å². The average Bonchev–Trinajstić information content (AvgIpc) is 3.07. The first-order chi connectivity index (χ1) is 9.22. The third-order valence-corrected chi connectivity index (χ3v) is 3.77. The normalized spacial score (nSPS) is 20.2. The van der Waals surface area contributed by atoms with Crippen LogP contribution in [0.1, 0.15) is 30.2 Å². The number of rotatable bonds is 4. The second-order valence-electron chi connectivity index (χ2n) is 5.13. The van der Waals surface area contributed by atoms with Gasteiger partial charge in [-0.15, -0.1) is 0 Å². The zero-order chi connectivity index (χ0) is 13.2. The zero-order valence-corrected chi connectivity index (χ0v) is 11.4. The summed E-state index contributed by atoms with van der Waals surface area (Å²) >= 11 is 0. The highest BCUT2D eigenvalue weighted by molar-refractivity contribution is 5.05. The number of hydrogen-bond donors (Lipinski definition) is 0. The zero-order valence-electron chi connectivity index (χ0n) is 11.4. The summed E-state index contributed by atoms with van der Waals surface area (Å²) in [5, 5.41) is 4.18. The number of aryl methyl sites for hydroxylation is 2. The molecule has 1 fully saturated rings. The van der Waals surface area contributed by atoms with E-state index in [1.165, 1.54) is 12.8 Å². The summed E-state index contributed by atoms with van der Waals surface area (Å²) in [6.45, 7) is 6.72. The summed E-state index contributed by atoms with van der Waals surface area (Å²) in [6, 6.07) is 0.495. The van der Waals surface area contributed by atoms with Gasteiger partial charge in [0.1, 0.15) is 18.4 Å². The van der Waals surface area contributed by atoms with Crippen molar-refractivity contribution >= 4 is 0 Å². The van der Waals surface area contributed by atoms with Crippen molar-refractivity contribution in [1.29, 1.82) is 0 Å². The Labute approximate surface area is 112 Å². The fraction of sp³-hybridized carbons (Fsp3) is 0.615. The molecule has 1 saturated heterocycles. The molecule has 2 aromatic rings. The van der Waals surface area contributed by atoms with Crippen molar-refractivity contribution in [3.05, 3.63) is 30.0 Å². The van der Waals surface area contributed by atoms with E-state index < -0.39 is 0 Å². The summed E-state index contributed by atoms with van der Waals surface area (Å²) in [7, 11) is 0. The lowest BCUT2D eigenvalue weighted by Gasteiger charge is -2.22. The van der Waals surface area contributed by atoms with Crippen LogP contribution in [-0.2, 0) is 13.1 Å². The molecule has 1 atom stereocenters. The molecule has 3 rings (SSSR count). The number of oxazole rings is 1. The van der Waals surface area contributed by atoms with Gasteiger partial charge < -0.3 is 4.42 Å². The molecule has 6 heteroatoms. The average molecular weight is 261 g/mol. The van der Waals surface area contributed by atoms with Crippen molar-refractivity contribution in [1.82, 2.24) is 24.6 Å². The lowest BCUT2D eigenvalue weighted by Crippen LogP contribution is -2.32. The van der Waals surface area contributed by atoms with Gasteiger partial charge in [-0.25, -0.2) is 9.97 Å². The molecule has 2 aromatic heterocycles. The van der Waals surface area contributed by atoms with Crippen LogP contribution in [0, 0.1) is 13.8 Å². The van der Waals surface area contributed by atoms with Crippen molar-refractivity contribution in [2.45, 2.75) is 45.8 Å². The molecule has 19 heavy (non-hydrogen) atoms. The van der Waals surface area contributed by atoms with Crippen molar-refractivity contribution in [3.8, 4) is 0 Å². The monoisotopic (exact) mass is 261 g/mol. The van der Waals surface area contributed by atoms with Gasteiger partial charge in [-0.3, -0.25) is 9.58 Å². The molecule has 0 unspecified atom stereocenters. The highest BCUT2D eigenvalue weighted by atomic mass is 16.4. The van der Waals surface area contributed by atoms with E-state index in [2.05, 4.69) is 20.0 Å². The predicted molar refractivity (Wildman–Crippen MR) is 69.4 cm³/mol. The Morgan fingerprint density at radius 2 is 2.32 bits per heavy atom. The molecule has 0 aliphatic carbocycles. The van der Waals surface area contributed by atoms with E-state index in [4.69, 9.17) is 4.42 Å². The van der Waals surface area contributed by atoms with E-state index in [1.807, 2.05) is 18.5 Å². The van der Waals surface area contributed by atoms with Gasteiger partial charge in [0.05, 0.1) is 18.8 Å². The number of likely N-dealkylation sites (tertiary alicyclic amines) is 1. The second kappa shape index (κ2) is 5.13. The quantitative estimate of drug-likeness (QED) is 0.835. The highest BCUT2D eigenvalue weighted by Gasteiger charge is 2.26. The summed E-state index contributed by atoms with van der Waals surface area (Å²) in [5.41, 5.74) is 0.988. The molecule has 0 spiro atoms. The molecule has 0 radical (unpaired) electrons. The predicted octanol–water partition coefficient (Wildman–Crippen LogP) is 1.55. The summed E-state index contributed by atoms with van der Waals surface area (Å²) < 4.78 is 7.57. The van der Waals surface area contributed by atoms with Crippen molar-refractivity contribution < 1.29 is 4.42 Å². The molecule has 0 saturated carbocycles. The van der Waals surface area contributed by atoms with Crippen LogP contribution < -0.4 is 0 Å². The largest absolute Gasteiger partial charge is 0.444 e. The van der Waals surface area contributed by atoms with Gasteiger partial charge in [-0.05, 0) is 33.2 Å². The van der Waals surface area contributed by atoms with Crippen LogP contribution in [0.15, 0.2) is 17.1 Å². The molecule has 1 aliphatic rings. The van der Waals surface area contributed by atoms with Crippen LogP contribution in [0.5, 0.6) is 0 Å². The number of hydrogen-bond acceptors (Lipinski definition) is 5. The van der Waals surface area contributed by atoms with Crippen LogP contribution >= 0.6 is 0 Å². The fourth-order valence-corrected chi connectivity index (χ4v) is 2.63. The minimum absolute atomic E-state index is 0.495. The molecule has 102 valence electrons. The van der Waals surface area contributed by atoms with E-state index in [0.717, 1.165) is 37.0 Å². The Hall–Kier alpha value is -1.69.